The van der Waals surface area contributed by atoms with Gasteiger partial charge in [-0.05, 0) is 31.5 Å². The molecular weight excluding hydrogens is 372 g/mol. The number of pyridine rings is 2. The largest absolute Gasteiger partial charge is 0.393 e. The average Bonchev–Trinajstić information content (AvgIpc) is 3.23. The van der Waals surface area contributed by atoms with Gasteiger partial charge >= 0.3 is 5.69 Å². The Bertz CT molecular complexity index is 1210. The summed E-state index contributed by atoms with van der Waals surface area (Å²) in [6.45, 7) is 3.33. The molecule has 0 aliphatic heterocycles. The van der Waals surface area contributed by atoms with Crippen LogP contribution in [0, 0.1) is 0 Å². The third kappa shape index (κ3) is 3.47. The summed E-state index contributed by atoms with van der Waals surface area (Å²) in [5, 5.41) is 15.0. The molecular formula is C19H24N8O2. The number of fused-ring (bicyclic) bond motifs is 2. The van der Waals surface area contributed by atoms with Crippen LogP contribution in [0.1, 0.15) is 13.3 Å². The van der Waals surface area contributed by atoms with Crippen LogP contribution in [-0.2, 0) is 7.05 Å². The minimum atomic E-state index is -0.442. The van der Waals surface area contributed by atoms with E-state index < -0.39 is 6.10 Å². The first kappa shape index (κ1) is 19.1. The van der Waals surface area contributed by atoms with Crippen LogP contribution in [0.3, 0.4) is 0 Å². The van der Waals surface area contributed by atoms with Gasteiger partial charge < -0.3 is 15.7 Å². The van der Waals surface area contributed by atoms with Gasteiger partial charge in [0.15, 0.2) is 11.5 Å². The molecule has 1 unspecified atom stereocenters. The normalized spacial score (nSPS) is 12.7. The summed E-state index contributed by atoms with van der Waals surface area (Å²) < 4.78 is 3.26. The lowest BCUT2D eigenvalue weighted by Gasteiger charge is -2.25. The van der Waals surface area contributed by atoms with Crippen molar-refractivity contribution < 1.29 is 5.11 Å². The number of H-pyrrole nitrogens is 1. The van der Waals surface area contributed by atoms with Crippen LogP contribution in [0.5, 0.6) is 0 Å². The Morgan fingerprint density at radius 1 is 1.38 bits per heavy atom. The Balaban J connectivity index is 1.93. The number of anilines is 1. The number of aromatic amines is 1. The summed E-state index contributed by atoms with van der Waals surface area (Å²) in [4.78, 5) is 26.5. The summed E-state index contributed by atoms with van der Waals surface area (Å²) >= 11 is 0. The molecule has 0 fully saturated rings. The SMILES string of the molecule is CC(O)CCN(CCN)c1nc(-n2c(=O)[nH]c3ncccc32)cc2cnn(C)c12. The van der Waals surface area contributed by atoms with Gasteiger partial charge in [-0.2, -0.15) is 5.10 Å². The lowest BCUT2D eigenvalue weighted by molar-refractivity contribution is 0.186. The van der Waals surface area contributed by atoms with Crippen molar-refractivity contribution >= 4 is 27.9 Å². The third-order valence-electron chi connectivity index (χ3n) is 4.88. The average molecular weight is 396 g/mol. The van der Waals surface area contributed by atoms with Gasteiger partial charge in [-0.25, -0.2) is 19.3 Å². The molecule has 10 nitrogen and oxygen atoms in total. The van der Waals surface area contributed by atoms with E-state index in [1.807, 2.05) is 24.1 Å². The monoisotopic (exact) mass is 396 g/mol. The van der Waals surface area contributed by atoms with E-state index in [-0.39, 0.29) is 5.69 Å². The van der Waals surface area contributed by atoms with E-state index in [9.17, 15) is 9.90 Å². The number of nitrogens with zero attached hydrogens (tertiary/aromatic N) is 6. The number of hydrogen-bond donors (Lipinski definition) is 3. The topological polar surface area (TPSA) is 131 Å². The highest BCUT2D eigenvalue weighted by molar-refractivity contribution is 5.90. The van der Waals surface area contributed by atoms with Crippen LogP contribution >= 0.6 is 0 Å². The predicted molar refractivity (Wildman–Crippen MR) is 111 cm³/mol. The molecule has 4 rings (SSSR count). The van der Waals surface area contributed by atoms with Crippen molar-refractivity contribution in [1.29, 1.82) is 0 Å². The van der Waals surface area contributed by atoms with E-state index in [0.717, 1.165) is 10.9 Å². The van der Waals surface area contributed by atoms with Crippen LogP contribution in [0.2, 0.25) is 0 Å². The Morgan fingerprint density at radius 2 is 2.21 bits per heavy atom. The second-order valence-electron chi connectivity index (χ2n) is 7.06. The number of hydrogen-bond acceptors (Lipinski definition) is 7. The summed E-state index contributed by atoms with van der Waals surface area (Å²) in [5.74, 6) is 1.15. The molecule has 1 atom stereocenters. The Labute approximate surface area is 166 Å². The van der Waals surface area contributed by atoms with Crippen LogP contribution in [0.4, 0.5) is 5.82 Å². The van der Waals surface area contributed by atoms with Crippen LogP contribution in [0.25, 0.3) is 27.9 Å². The van der Waals surface area contributed by atoms with Gasteiger partial charge in [0.25, 0.3) is 0 Å². The summed E-state index contributed by atoms with van der Waals surface area (Å²) in [5.41, 5.74) is 7.52. The fourth-order valence-electron chi connectivity index (χ4n) is 3.49. The molecule has 29 heavy (non-hydrogen) atoms. The number of nitrogens with two attached hydrogens (primary N) is 1. The van der Waals surface area contributed by atoms with Crippen molar-refractivity contribution in [3.8, 4) is 5.82 Å². The second-order valence-corrected chi connectivity index (χ2v) is 7.06. The number of aliphatic hydroxyl groups is 1. The smallest absolute Gasteiger partial charge is 0.333 e. The maximum Gasteiger partial charge on any atom is 0.333 e. The maximum atomic E-state index is 12.6. The molecule has 4 heterocycles. The number of imidazole rings is 1. The van der Waals surface area contributed by atoms with Gasteiger partial charge in [-0.3, -0.25) is 9.67 Å². The van der Waals surface area contributed by atoms with Crippen LogP contribution < -0.4 is 16.3 Å². The Morgan fingerprint density at radius 3 is 2.97 bits per heavy atom. The van der Waals surface area contributed by atoms with Crippen molar-refractivity contribution in [2.75, 3.05) is 24.5 Å². The lowest BCUT2D eigenvalue weighted by Crippen LogP contribution is -2.33. The van der Waals surface area contributed by atoms with Gasteiger partial charge in [0.2, 0.25) is 0 Å². The molecule has 0 radical (unpaired) electrons. The van der Waals surface area contributed by atoms with Crippen molar-refractivity contribution in [1.82, 2.24) is 29.3 Å². The Kier molecular flexibility index (Phi) is 5.03. The molecule has 0 saturated carbocycles. The molecule has 0 aliphatic rings. The number of aromatic nitrogens is 6. The van der Waals surface area contributed by atoms with Gasteiger partial charge in [-0.1, -0.05) is 0 Å². The standard InChI is InChI=1S/C19H24N8O2/c1-12(28)5-8-26(9-6-20)18-16-13(11-22-25(16)2)10-15(23-18)27-14-4-3-7-21-17(14)24-19(27)29/h3-4,7,10-12,28H,5-6,8-9,20H2,1-2H3,(H,21,24,29). The molecule has 0 spiro atoms. The quantitative estimate of drug-likeness (QED) is 0.415. The van der Waals surface area contributed by atoms with Crippen LogP contribution in [-0.4, -0.2) is 60.1 Å². The first-order chi connectivity index (χ1) is 14.0. The fourth-order valence-corrected chi connectivity index (χ4v) is 3.49. The predicted octanol–water partition coefficient (Wildman–Crippen LogP) is 0.532. The van der Waals surface area contributed by atoms with E-state index in [2.05, 4.69) is 15.1 Å². The molecule has 4 aromatic heterocycles. The van der Waals surface area contributed by atoms with Gasteiger partial charge in [-0.15, -0.1) is 0 Å². The zero-order chi connectivity index (χ0) is 20.5. The number of rotatable bonds is 7. The number of aliphatic hydroxyl groups excluding tert-OH is 1. The molecule has 10 heteroatoms. The fraction of sp³-hybridized carbons (Fsp3) is 0.368. The zero-order valence-electron chi connectivity index (χ0n) is 16.4. The highest BCUT2D eigenvalue weighted by Gasteiger charge is 2.19. The highest BCUT2D eigenvalue weighted by Crippen LogP contribution is 2.27. The van der Waals surface area contributed by atoms with E-state index in [1.54, 1.807) is 30.1 Å². The summed E-state index contributed by atoms with van der Waals surface area (Å²) in [6, 6.07) is 5.43. The minimum absolute atomic E-state index is 0.310. The first-order valence-electron chi connectivity index (χ1n) is 9.51. The van der Waals surface area contributed by atoms with Crippen molar-refractivity contribution in [2.24, 2.45) is 12.8 Å². The molecule has 0 aliphatic carbocycles. The minimum Gasteiger partial charge on any atom is -0.393 e. The maximum absolute atomic E-state index is 12.6. The van der Waals surface area contributed by atoms with E-state index in [1.165, 1.54) is 4.57 Å². The van der Waals surface area contributed by atoms with E-state index in [4.69, 9.17) is 10.7 Å². The van der Waals surface area contributed by atoms with Crippen LogP contribution in [0.15, 0.2) is 35.4 Å². The first-order valence-corrected chi connectivity index (χ1v) is 9.51. The molecule has 0 amide bonds. The molecule has 4 aromatic rings. The molecule has 4 N–H and O–H groups in total. The number of nitrogens with one attached hydrogen (secondary N) is 1. The number of aryl methyl sites for hydroxylation is 1. The van der Waals surface area contributed by atoms with E-state index >= 15 is 0 Å². The highest BCUT2D eigenvalue weighted by atomic mass is 16.3. The van der Waals surface area contributed by atoms with Crippen molar-refractivity contribution in [3.63, 3.8) is 0 Å². The molecule has 152 valence electrons. The van der Waals surface area contributed by atoms with Gasteiger partial charge in [0, 0.05) is 38.3 Å². The molecule has 0 aromatic carbocycles. The summed E-state index contributed by atoms with van der Waals surface area (Å²) in [6.07, 6.45) is 3.51. The summed E-state index contributed by atoms with van der Waals surface area (Å²) in [7, 11) is 1.85. The molecule has 0 saturated heterocycles. The second kappa shape index (κ2) is 7.64. The zero-order valence-corrected chi connectivity index (χ0v) is 16.4. The lowest BCUT2D eigenvalue weighted by atomic mass is 10.2. The molecule has 0 bridgehead atoms. The van der Waals surface area contributed by atoms with E-state index in [0.29, 0.717) is 48.9 Å². The van der Waals surface area contributed by atoms with Gasteiger partial charge in [0.1, 0.15) is 11.3 Å². The van der Waals surface area contributed by atoms with Crippen molar-refractivity contribution in [3.05, 3.63) is 41.1 Å². The van der Waals surface area contributed by atoms with Gasteiger partial charge in [0.05, 0.1) is 17.8 Å². The third-order valence-corrected chi connectivity index (χ3v) is 4.88. The van der Waals surface area contributed by atoms with Crippen molar-refractivity contribution in [2.45, 2.75) is 19.4 Å². The Hall–Kier alpha value is -3.24.